The fourth-order valence-corrected chi connectivity index (χ4v) is 3.67. The zero-order chi connectivity index (χ0) is 18.7. The van der Waals surface area contributed by atoms with E-state index < -0.39 is 0 Å². The predicted molar refractivity (Wildman–Crippen MR) is 105 cm³/mol. The van der Waals surface area contributed by atoms with Gasteiger partial charge in [-0.2, -0.15) is 0 Å². The average molecular weight is 412 g/mol. The van der Waals surface area contributed by atoms with Gasteiger partial charge in [-0.1, -0.05) is 46.9 Å². The van der Waals surface area contributed by atoms with E-state index in [4.69, 9.17) is 34.8 Å². The Bertz CT molecular complexity index is 813. The van der Waals surface area contributed by atoms with Crippen molar-refractivity contribution in [1.82, 2.24) is 4.90 Å². The summed E-state index contributed by atoms with van der Waals surface area (Å²) in [7, 11) is 0. The summed E-state index contributed by atoms with van der Waals surface area (Å²) in [6.45, 7) is 1.03. The van der Waals surface area contributed by atoms with Crippen molar-refractivity contribution in [1.29, 1.82) is 0 Å². The Hall–Kier alpha value is -1.75. The molecule has 1 fully saturated rings. The standard InChI is InChI=1S/C19H17Cl3N2O2/c20-14-4-1-3-13(11-14)19(26)24-9-7-12(8-10-24)18(25)23-17-15(21)5-2-6-16(17)22/h1-6,11-12H,7-10H2,(H,23,25). The second-order valence-corrected chi connectivity index (χ2v) is 7.41. The molecule has 4 nitrogen and oxygen atoms in total. The Morgan fingerprint density at radius 1 is 0.962 bits per heavy atom. The van der Waals surface area contributed by atoms with Crippen molar-refractivity contribution in [3.8, 4) is 0 Å². The highest BCUT2D eigenvalue weighted by Crippen LogP contribution is 2.31. The van der Waals surface area contributed by atoms with Crippen LogP contribution in [0.1, 0.15) is 23.2 Å². The number of benzene rings is 2. The van der Waals surface area contributed by atoms with Crippen molar-refractivity contribution in [3.05, 3.63) is 63.1 Å². The number of carbonyl (C=O) groups excluding carboxylic acids is 2. The van der Waals surface area contributed by atoms with Gasteiger partial charge in [0.05, 0.1) is 15.7 Å². The molecule has 26 heavy (non-hydrogen) atoms. The van der Waals surface area contributed by atoms with E-state index in [0.29, 0.717) is 52.2 Å². The zero-order valence-corrected chi connectivity index (χ0v) is 16.1. The van der Waals surface area contributed by atoms with Crippen LogP contribution in [-0.4, -0.2) is 29.8 Å². The lowest BCUT2D eigenvalue weighted by molar-refractivity contribution is -0.121. The molecular formula is C19H17Cl3N2O2. The van der Waals surface area contributed by atoms with E-state index in [2.05, 4.69) is 5.32 Å². The Labute approximate surface area is 167 Å². The third-order valence-electron chi connectivity index (χ3n) is 4.44. The van der Waals surface area contributed by atoms with E-state index in [1.165, 1.54) is 0 Å². The fourth-order valence-electron chi connectivity index (χ4n) is 2.99. The molecule has 2 amide bonds. The van der Waals surface area contributed by atoms with Gasteiger partial charge in [0.2, 0.25) is 5.91 Å². The molecule has 0 unspecified atom stereocenters. The number of amides is 2. The van der Waals surface area contributed by atoms with E-state index in [0.717, 1.165) is 0 Å². The first-order chi connectivity index (χ1) is 12.5. The van der Waals surface area contributed by atoms with E-state index in [1.807, 2.05) is 0 Å². The molecule has 0 bridgehead atoms. The number of nitrogens with one attached hydrogen (secondary N) is 1. The van der Waals surface area contributed by atoms with Gasteiger partial charge >= 0.3 is 0 Å². The van der Waals surface area contributed by atoms with Crippen LogP contribution in [0.15, 0.2) is 42.5 Å². The minimum atomic E-state index is -0.189. The summed E-state index contributed by atoms with van der Waals surface area (Å²) in [6.07, 6.45) is 1.17. The topological polar surface area (TPSA) is 49.4 Å². The lowest BCUT2D eigenvalue weighted by Crippen LogP contribution is -2.41. The van der Waals surface area contributed by atoms with Gasteiger partial charge in [-0.05, 0) is 43.2 Å². The minimum Gasteiger partial charge on any atom is -0.339 e. The molecule has 0 radical (unpaired) electrons. The number of piperidine rings is 1. The number of likely N-dealkylation sites (tertiary alicyclic amines) is 1. The van der Waals surface area contributed by atoms with Crippen LogP contribution in [0.3, 0.4) is 0 Å². The number of hydrogen-bond acceptors (Lipinski definition) is 2. The van der Waals surface area contributed by atoms with Crippen LogP contribution in [0.5, 0.6) is 0 Å². The predicted octanol–water partition coefficient (Wildman–Crippen LogP) is 5.14. The zero-order valence-electron chi connectivity index (χ0n) is 13.8. The summed E-state index contributed by atoms with van der Waals surface area (Å²) < 4.78 is 0. The largest absolute Gasteiger partial charge is 0.339 e. The highest BCUT2D eigenvalue weighted by Gasteiger charge is 2.28. The van der Waals surface area contributed by atoms with E-state index in [1.54, 1.807) is 47.4 Å². The van der Waals surface area contributed by atoms with Crippen molar-refractivity contribution in [2.75, 3.05) is 18.4 Å². The average Bonchev–Trinajstić information content (AvgIpc) is 2.64. The molecule has 1 saturated heterocycles. The second-order valence-electron chi connectivity index (χ2n) is 6.16. The van der Waals surface area contributed by atoms with Crippen LogP contribution in [0.2, 0.25) is 15.1 Å². The molecule has 1 aliphatic heterocycles. The molecule has 0 atom stereocenters. The highest BCUT2D eigenvalue weighted by molar-refractivity contribution is 6.39. The molecule has 7 heteroatoms. The maximum absolute atomic E-state index is 12.5. The molecule has 1 N–H and O–H groups in total. The molecule has 3 rings (SSSR count). The quantitative estimate of drug-likeness (QED) is 0.760. The first-order valence-electron chi connectivity index (χ1n) is 8.25. The normalized spacial score (nSPS) is 15.0. The van der Waals surface area contributed by atoms with Crippen molar-refractivity contribution in [2.24, 2.45) is 5.92 Å². The monoisotopic (exact) mass is 410 g/mol. The Kier molecular flexibility index (Phi) is 6.07. The first-order valence-corrected chi connectivity index (χ1v) is 9.39. The Morgan fingerprint density at radius 3 is 2.19 bits per heavy atom. The highest BCUT2D eigenvalue weighted by atomic mass is 35.5. The molecule has 136 valence electrons. The van der Waals surface area contributed by atoms with Gasteiger partial charge in [-0.25, -0.2) is 0 Å². The van der Waals surface area contributed by atoms with Crippen LogP contribution in [0, 0.1) is 5.92 Å². The number of carbonyl (C=O) groups is 2. The smallest absolute Gasteiger partial charge is 0.253 e. The van der Waals surface area contributed by atoms with E-state index >= 15 is 0 Å². The molecule has 0 saturated carbocycles. The number of halogens is 3. The molecule has 2 aromatic carbocycles. The van der Waals surface area contributed by atoms with Gasteiger partial charge in [0, 0.05) is 29.6 Å². The third-order valence-corrected chi connectivity index (χ3v) is 5.30. The number of anilines is 1. The second kappa shape index (κ2) is 8.30. The SMILES string of the molecule is O=C(Nc1c(Cl)cccc1Cl)C1CCN(C(=O)c2cccc(Cl)c2)CC1. The number of rotatable bonds is 3. The maximum atomic E-state index is 12.5. The molecule has 1 heterocycles. The van der Waals surface area contributed by atoms with E-state index in [9.17, 15) is 9.59 Å². The summed E-state index contributed by atoms with van der Waals surface area (Å²) in [5.74, 6) is -0.388. The molecule has 0 spiro atoms. The lowest BCUT2D eigenvalue weighted by Gasteiger charge is -2.31. The van der Waals surface area contributed by atoms with Gasteiger partial charge in [0.1, 0.15) is 0 Å². The van der Waals surface area contributed by atoms with Crippen LogP contribution in [0.4, 0.5) is 5.69 Å². The number of hydrogen-bond donors (Lipinski definition) is 1. The maximum Gasteiger partial charge on any atom is 0.253 e. The summed E-state index contributed by atoms with van der Waals surface area (Å²) in [4.78, 5) is 26.8. The fraction of sp³-hybridized carbons (Fsp3) is 0.263. The van der Waals surface area contributed by atoms with Crippen LogP contribution in [-0.2, 0) is 4.79 Å². The Balaban J connectivity index is 1.60. The molecule has 0 aliphatic carbocycles. The number of nitrogens with zero attached hydrogens (tertiary/aromatic N) is 1. The van der Waals surface area contributed by atoms with Crippen molar-refractivity contribution >= 4 is 52.3 Å². The first kappa shape index (κ1) is 19.0. The van der Waals surface area contributed by atoms with Gasteiger partial charge < -0.3 is 10.2 Å². The molecule has 1 aliphatic rings. The summed E-state index contributed by atoms with van der Waals surface area (Å²) in [5.41, 5.74) is 0.988. The van der Waals surface area contributed by atoms with Crippen LogP contribution < -0.4 is 5.32 Å². The minimum absolute atomic E-state index is 0.0690. The summed E-state index contributed by atoms with van der Waals surface area (Å²) >= 11 is 18.1. The Morgan fingerprint density at radius 2 is 1.58 bits per heavy atom. The van der Waals surface area contributed by atoms with Crippen molar-refractivity contribution in [3.63, 3.8) is 0 Å². The van der Waals surface area contributed by atoms with Gasteiger partial charge in [0.25, 0.3) is 5.91 Å². The van der Waals surface area contributed by atoms with Crippen molar-refractivity contribution < 1.29 is 9.59 Å². The molecule has 2 aromatic rings. The third kappa shape index (κ3) is 4.32. The van der Waals surface area contributed by atoms with E-state index in [-0.39, 0.29) is 17.7 Å². The lowest BCUT2D eigenvalue weighted by atomic mass is 9.95. The molecule has 0 aromatic heterocycles. The summed E-state index contributed by atoms with van der Waals surface area (Å²) in [5, 5.41) is 4.14. The van der Waals surface area contributed by atoms with Crippen LogP contribution >= 0.6 is 34.8 Å². The van der Waals surface area contributed by atoms with Gasteiger partial charge in [-0.15, -0.1) is 0 Å². The van der Waals surface area contributed by atoms with Crippen molar-refractivity contribution in [2.45, 2.75) is 12.8 Å². The van der Waals surface area contributed by atoms with Crippen LogP contribution in [0.25, 0.3) is 0 Å². The number of para-hydroxylation sites is 1. The van der Waals surface area contributed by atoms with Gasteiger partial charge in [0.15, 0.2) is 0 Å². The van der Waals surface area contributed by atoms with Gasteiger partial charge in [-0.3, -0.25) is 9.59 Å². The molecular weight excluding hydrogens is 395 g/mol. The summed E-state index contributed by atoms with van der Waals surface area (Å²) in [6, 6.07) is 12.0.